The van der Waals surface area contributed by atoms with E-state index in [0.717, 1.165) is 6.42 Å². The van der Waals surface area contributed by atoms with Gasteiger partial charge in [0.15, 0.2) is 5.11 Å². The quantitative estimate of drug-likeness (QED) is 0.133. The molecular weight excluding hydrogens is 538 g/mol. The molecule has 10 nitrogen and oxygen atoms in total. The highest BCUT2D eigenvalue weighted by Gasteiger charge is 2.39. The predicted molar refractivity (Wildman–Crippen MR) is 156 cm³/mol. The number of hydrogen-bond donors (Lipinski definition) is 6. The van der Waals surface area contributed by atoms with Crippen LogP contribution in [0.3, 0.4) is 0 Å². The molecule has 204 valence electrons. The van der Waals surface area contributed by atoms with Gasteiger partial charge in [0.05, 0.1) is 17.1 Å². The van der Waals surface area contributed by atoms with E-state index in [0.29, 0.717) is 58.6 Å². The number of hydrogen-bond acceptors (Lipinski definition) is 7. The molecule has 3 aromatic rings. The summed E-state index contributed by atoms with van der Waals surface area (Å²) >= 11 is 11.4. The largest absolute Gasteiger partial charge is 0.481 e. The Kier molecular flexibility index (Phi) is 9.87. The first-order valence-corrected chi connectivity index (χ1v) is 13.4. The van der Waals surface area contributed by atoms with Crippen LogP contribution in [0.25, 0.3) is 0 Å². The third-order valence-corrected chi connectivity index (χ3v) is 6.66. The summed E-state index contributed by atoms with van der Waals surface area (Å²) in [6.07, 6.45) is 3.04. The fraction of sp³-hybridized carbons (Fsp3) is 0.296. The SMILES string of the molecule is O=C(O)CCNC(=S)NCCCNc1nc(Nc2ccccc2Cl)ncc1C(=O)N[C@@H]1C[C@H]1c1ccccc1. The lowest BCUT2D eigenvalue weighted by Crippen LogP contribution is -2.37. The van der Waals surface area contributed by atoms with E-state index in [9.17, 15) is 9.59 Å². The number of anilines is 3. The number of halogens is 1. The Morgan fingerprint density at radius 1 is 1.03 bits per heavy atom. The van der Waals surface area contributed by atoms with Crippen LogP contribution in [0.2, 0.25) is 5.02 Å². The molecule has 0 spiro atoms. The number of aromatic nitrogens is 2. The molecule has 1 saturated carbocycles. The molecule has 0 bridgehead atoms. The Balaban J connectivity index is 1.37. The number of carbonyl (C=O) groups is 2. The summed E-state index contributed by atoms with van der Waals surface area (Å²) < 4.78 is 0. The zero-order chi connectivity index (χ0) is 27.6. The fourth-order valence-electron chi connectivity index (χ4n) is 3.94. The molecule has 1 aliphatic rings. The molecular formula is C27H30ClN7O3S. The monoisotopic (exact) mass is 567 g/mol. The lowest BCUT2D eigenvalue weighted by atomic mass is 10.1. The third-order valence-electron chi connectivity index (χ3n) is 6.04. The zero-order valence-electron chi connectivity index (χ0n) is 21.1. The van der Waals surface area contributed by atoms with Crippen LogP contribution in [0.15, 0.2) is 60.8 Å². The van der Waals surface area contributed by atoms with Crippen LogP contribution in [0.1, 0.15) is 41.1 Å². The van der Waals surface area contributed by atoms with E-state index in [4.69, 9.17) is 28.9 Å². The van der Waals surface area contributed by atoms with Gasteiger partial charge in [-0.3, -0.25) is 9.59 Å². The number of carboxylic acid groups (broad SMARTS) is 1. The van der Waals surface area contributed by atoms with Gasteiger partial charge in [-0.2, -0.15) is 4.98 Å². The molecule has 12 heteroatoms. The second kappa shape index (κ2) is 13.7. The molecule has 6 N–H and O–H groups in total. The minimum Gasteiger partial charge on any atom is -0.481 e. The zero-order valence-corrected chi connectivity index (χ0v) is 22.7. The number of aliphatic carboxylic acids is 1. The van der Waals surface area contributed by atoms with Gasteiger partial charge in [0.2, 0.25) is 5.95 Å². The number of nitrogens with zero attached hydrogens (tertiary/aromatic N) is 2. The summed E-state index contributed by atoms with van der Waals surface area (Å²) in [6.45, 7) is 1.31. The van der Waals surface area contributed by atoms with E-state index in [2.05, 4.69) is 48.7 Å². The summed E-state index contributed by atoms with van der Waals surface area (Å²) in [4.78, 5) is 32.7. The summed E-state index contributed by atoms with van der Waals surface area (Å²) in [5.74, 6) is -0.131. The van der Waals surface area contributed by atoms with Crippen LogP contribution in [-0.4, -0.2) is 57.7 Å². The van der Waals surface area contributed by atoms with E-state index in [1.807, 2.05) is 36.4 Å². The Hall–Kier alpha value is -3.96. The minimum absolute atomic E-state index is 0.0144. The van der Waals surface area contributed by atoms with Gasteiger partial charge in [-0.15, -0.1) is 0 Å². The van der Waals surface area contributed by atoms with Crippen LogP contribution in [-0.2, 0) is 4.79 Å². The van der Waals surface area contributed by atoms with Gasteiger partial charge in [0, 0.05) is 37.8 Å². The van der Waals surface area contributed by atoms with E-state index < -0.39 is 5.97 Å². The van der Waals surface area contributed by atoms with E-state index in [1.165, 1.54) is 11.8 Å². The molecule has 0 aliphatic heterocycles. The van der Waals surface area contributed by atoms with E-state index >= 15 is 0 Å². The summed E-state index contributed by atoms with van der Waals surface area (Å²) in [6, 6.07) is 17.4. The number of benzene rings is 2. The van der Waals surface area contributed by atoms with Crippen LogP contribution >= 0.6 is 23.8 Å². The Morgan fingerprint density at radius 3 is 2.54 bits per heavy atom. The fourth-order valence-corrected chi connectivity index (χ4v) is 4.32. The maximum Gasteiger partial charge on any atom is 0.305 e. The molecule has 4 rings (SSSR count). The molecule has 1 heterocycles. The van der Waals surface area contributed by atoms with Gasteiger partial charge >= 0.3 is 5.97 Å². The Morgan fingerprint density at radius 2 is 1.77 bits per heavy atom. The normalized spacial score (nSPS) is 15.6. The first kappa shape index (κ1) is 28.1. The smallest absolute Gasteiger partial charge is 0.305 e. The predicted octanol–water partition coefficient (Wildman–Crippen LogP) is 3.90. The number of amides is 1. The molecule has 1 aliphatic carbocycles. The maximum absolute atomic E-state index is 13.2. The molecule has 0 unspecified atom stereocenters. The highest BCUT2D eigenvalue weighted by molar-refractivity contribution is 7.80. The molecule has 1 amide bonds. The highest BCUT2D eigenvalue weighted by Crippen LogP contribution is 2.40. The average molecular weight is 568 g/mol. The van der Waals surface area contributed by atoms with Crippen molar-refractivity contribution < 1.29 is 14.7 Å². The number of nitrogens with one attached hydrogen (secondary N) is 5. The van der Waals surface area contributed by atoms with Crippen molar-refractivity contribution in [2.45, 2.75) is 31.2 Å². The lowest BCUT2D eigenvalue weighted by molar-refractivity contribution is -0.136. The lowest BCUT2D eigenvalue weighted by Gasteiger charge is -2.14. The summed E-state index contributed by atoms with van der Waals surface area (Å²) in [5, 5.41) is 24.9. The van der Waals surface area contributed by atoms with Crippen LogP contribution in [0.5, 0.6) is 0 Å². The van der Waals surface area contributed by atoms with Gasteiger partial charge in [0.25, 0.3) is 5.91 Å². The third kappa shape index (κ3) is 8.52. The average Bonchev–Trinajstić information content (AvgIpc) is 3.69. The highest BCUT2D eigenvalue weighted by atomic mass is 35.5. The van der Waals surface area contributed by atoms with Crippen LogP contribution < -0.4 is 26.6 Å². The summed E-state index contributed by atoms with van der Waals surface area (Å²) in [5.41, 5.74) is 2.20. The van der Waals surface area contributed by atoms with Gasteiger partial charge < -0.3 is 31.7 Å². The standard InChI is InChI=1S/C27H30ClN7O3S/c28-20-9-4-5-10-21(20)34-26-32-16-19(25(38)33-22-15-18(22)17-7-2-1-3-8-17)24(35-26)29-12-6-13-30-27(39)31-14-11-23(36)37/h1-5,7-10,16,18,22H,6,11-15H2,(H,33,38)(H,36,37)(H2,30,31,39)(H2,29,32,34,35)/t18-,22+/m0/s1. The topological polar surface area (TPSA) is 140 Å². The molecule has 1 fully saturated rings. The second-order valence-electron chi connectivity index (χ2n) is 9.00. The minimum atomic E-state index is -0.889. The number of carbonyl (C=O) groups excluding carboxylic acids is 1. The Labute approximate surface area is 237 Å². The van der Waals surface area contributed by atoms with Gasteiger partial charge in [-0.05, 0) is 42.8 Å². The first-order valence-electron chi connectivity index (χ1n) is 12.6. The second-order valence-corrected chi connectivity index (χ2v) is 9.82. The number of rotatable bonds is 13. The van der Waals surface area contributed by atoms with Gasteiger partial charge in [-0.25, -0.2) is 4.98 Å². The van der Waals surface area contributed by atoms with Gasteiger partial charge in [0.1, 0.15) is 11.4 Å². The van der Waals surface area contributed by atoms with Crippen molar-refractivity contribution in [3.05, 3.63) is 76.9 Å². The number of para-hydroxylation sites is 1. The number of carboxylic acids is 1. The van der Waals surface area contributed by atoms with E-state index in [1.54, 1.807) is 6.07 Å². The van der Waals surface area contributed by atoms with Crippen molar-refractivity contribution in [3.8, 4) is 0 Å². The van der Waals surface area contributed by atoms with E-state index in [-0.39, 0.29) is 24.9 Å². The molecule has 0 radical (unpaired) electrons. The van der Waals surface area contributed by atoms with Crippen molar-refractivity contribution in [1.82, 2.24) is 25.9 Å². The van der Waals surface area contributed by atoms with Crippen molar-refractivity contribution in [3.63, 3.8) is 0 Å². The molecule has 39 heavy (non-hydrogen) atoms. The van der Waals surface area contributed by atoms with Crippen LogP contribution in [0, 0.1) is 0 Å². The number of thiocarbonyl (C=S) groups is 1. The van der Waals surface area contributed by atoms with Gasteiger partial charge in [-0.1, -0.05) is 54.1 Å². The van der Waals surface area contributed by atoms with Crippen LogP contribution in [0.4, 0.5) is 17.5 Å². The van der Waals surface area contributed by atoms with Crippen molar-refractivity contribution in [2.75, 3.05) is 30.3 Å². The molecule has 2 atom stereocenters. The first-order chi connectivity index (χ1) is 18.9. The molecule has 2 aromatic carbocycles. The Bertz CT molecular complexity index is 1310. The molecule has 0 saturated heterocycles. The molecule has 1 aromatic heterocycles. The maximum atomic E-state index is 13.2. The summed E-state index contributed by atoms with van der Waals surface area (Å²) in [7, 11) is 0. The van der Waals surface area contributed by atoms with Crippen molar-refractivity contribution in [1.29, 1.82) is 0 Å². The van der Waals surface area contributed by atoms with Crippen molar-refractivity contribution in [2.24, 2.45) is 0 Å². The van der Waals surface area contributed by atoms with Crippen molar-refractivity contribution >= 4 is 58.3 Å².